The first-order chi connectivity index (χ1) is 14.0. The van der Waals surface area contributed by atoms with E-state index in [-0.39, 0.29) is 11.4 Å². The first-order valence-electron chi connectivity index (χ1n) is 10.5. The molecular formula is C25H32ClN3O. The number of nitrogens with zero attached hydrogens (tertiary/aromatic N) is 2. The molecule has 1 N–H and O–H groups in total. The summed E-state index contributed by atoms with van der Waals surface area (Å²) in [6, 6.07) is 10.2. The number of fused-ring (bicyclic) bond motifs is 1. The number of carbonyl (C=O) groups excluding carboxylic acids is 1. The van der Waals surface area contributed by atoms with Crippen LogP contribution in [0.2, 0.25) is 5.02 Å². The zero-order valence-corrected chi connectivity index (χ0v) is 19.8. The number of hydrogen-bond donors (Lipinski definition) is 1. The van der Waals surface area contributed by atoms with E-state index in [1.54, 1.807) is 18.3 Å². The minimum Gasteiger partial charge on any atom is -0.364 e. The second-order valence-corrected chi connectivity index (χ2v) is 9.74. The van der Waals surface area contributed by atoms with E-state index in [1.165, 1.54) is 11.3 Å². The normalized spacial score (nSPS) is 18.0. The van der Waals surface area contributed by atoms with Crippen LogP contribution in [0.5, 0.6) is 0 Å². The zero-order chi connectivity index (χ0) is 22.2. The highest BCUT2D eigenvalue weighted by molar-refractivity contribution is 6.33. The van der Waals surface area contributed by atoms with E-state index < -0.39 is 0 Å². The minimum absolute atomic E-state index is 0.115. The monoisotopic (exact) mass is 425 g/mol. The van der Waals surface area contributed by atoms with Crippen molar-refractivity contribution in [3.8, 4) is 0 Å². The topological polar surface area (TPSA) is 44.7 Å². The molecule has 4 nitrogen and oxygen atoms in total. The van der Waals surface area contributed by atoms with Crippen molar-refractivity contribution in [2.24, 2.45) is 5.10 Å². The van der Waals surface area contributed by atoms with E-state index in [2.05, 4.69) is 69.1 Å². The van der Waals surface area contributed by atoms with Gasteiger partial charge in [0.2, 0.25) is 0 Å². The van der Waals surface area contributed by atoms with Gasteiger partial charge in [0.15, 0.2) is 0 Å². The Morgan fingerprint density at radius 1 is 1.27 bits per heavy atom. The maximum Gasteiger partial charge on any atom is 0.272 e. The molecular weight excluding hydrogens is 394 g/mol. The molecule has 0 aromatic heterocycles. The average molecular weight is 426 g/mol. The SMILES string of the molecule is Cc1ccc(C(=O)N/N=C\c2cc3c(cc2C)N(C(C)C)C(C)(C)C[C@@H]3C)c(Cl)c1. The molecule has 0 saturated heterocycles. The smallest absolute Gasteiger partial charge is 0.272 e. The lowest BCUT2D eigenvalue weighted by molar-refractivity contribution is 0.0955. The Kier molecular flexibility index (Phi) is 6.28. The van der Waals surface area contributed by atoms with Crippen LogP contribution >= 0.6 is 11.6 Å². The van der Waals surface area contributed by atoms with Crippen LogP contribution in [0.4, 0.5) is 5.69 Å². The molecule has 1 amide bonds. The van der Waals surface area contributed by atoms with Crippen LogP contribution in [0, 0.1) is 13.8 Å². The highest BCUT2D eigenvalue weighted by atomic mass is 35.5. The first-order valence-corrected chi connectivity index (χ1v) is 10.9. The summed E-state index contributed by atoms with van der Waals surface area (Å²) < 4.78 is 0. The standard InChI is InChI=1S/C25H32ClN3O/c1-15(2)29-23-11-17(4)19(12-21(23)18(5)13-25(29,6)7)14-27-28-24(30)20-9-8-16(3)10-22(20)26/h8-12,14-15,18H,13H2,1-7H3,(H,28,30)/b27-14-/t18-/m0/s1. The van der Waals surface area contributed by atoms with Gasteiger partial charge in [0.25, 0.3) is 5.91 Å². The summed E-state index contributed by atoms with van der Waals surface area (Å²) in [5, 5.41) is 4.63. The third-order valence-corrected chi connectivity index (χ3v) is 6.23. The number of carbonyl (C=O) groups is 1. The van der Waals surface area contributed by atoms with Crippen LogP contribution in [0.15, 0.2) is 35.4 Å². The highest BCUT2D eigenvalue weighted by Crippen LogP contribution is 2.45. The van der Waals surface area contributed by atoms with Gasteiger partial charge < -0.3 is 4.90 Å². The number of benzene rings is 2. The van der Waals surface area contributed by atoms with E-state index in [9.17, 15) is 4.79 Å². The van der Waals surface area contributed by atoms with Crippen LogP contribution in [-0.4, -0.2) is 23.7 Å². The Hall–Kier alpha value is -2.33. The second kappa shape index (κ2) is 8.43. The summed E-state index contributed by atoms with van der Waals surface area (Å²) in [6.45, 7) is 15.5. The molecule has 2 aromatic rings. The maximum atomic E-state index is 12.4. The molecule has 0 fully saturated rings. The molecule has 30 heavy (non-hydrogen) atoms. The van der Waals surface area contributed by atoms with Crippen LogP contribution in [0.25, 0.3) is 0 Å². The third kappa shape index (κ3) is 4.39. The van der Waals surface area contributed by atoms with Crippen molar-refractivity contribution >= 4 is 29.4 Å². The van der Waals surface area contributed by atoms with Crippen molar-refractivity contribution < 1.29 is 4.79 Å². The number of nitrogens with one attached hydrogen (secondary N) is 1. The molecule has 1 heterocycles. The van der Waals surface area contributed by atoms with Gasteiger partial charge in [0, 0.05) is 17.3 Å². The summed E-state index contributed by atoms with van der Waals surface area (Å²) in [4.78, 5) is 14.9. The number of anilines is 1. The Labute approximate surface area is 185 Å². The lowest BCUT2D eigenvalue weighted by Gasteiger charge is -2.50. The largest absolute Gasteiger partial charge is 0.364 e. The molecule has 2 aromatic carbocycles. The minimum atomic E-state index is -0.312. The summed E-state index contributed by atoms with van der Waals surface area (Å²) in [7, 11) is 0. The van der Waals surface area contributed by atoms with Crippen LogP contribution in [-0.2, 0) is 0 Å². The Bertz CT molecular complexity index is 994. The van der Waals surface area contributed by atoms with Crippen molar-refractivity contribution in [3.63, 3.8) is 0 Å². The van der Waals surface area contributed by atoms with E-state index in [0.29, 0.717) is 22.5 Å². The van der Waals surface area contributed by atoms with Gasteiger partial charge in [-0.25, -0.2) is 5.43 Å². The molecule has 1 aliphatic rings. The van der Waals surface area contributed by atoms with Gasteiger partial charge in [-0.1, -0.05) is 24.6 Å². The molecule has 5 heteroatoms. The quantitative estimate of drug-likeness (QED) is 0.466. The van der Waals surface area contributed by atoms with Crippen molar-refractivity contribution in [3.05, 3.63) is 63.2 Å². The van der Waals surface area contributed by atoms with Gasteiger partial charge >= 0.3 is 0 Å². The molecule has 0 spiro atoms. The predicted octanol–water partition coefficient (Wildman–Crippen LogP) is 6.22. The molecule has 0 aliphatic carbocycles. The van der Waals surface area contributed by atoms with Crippen molar-refractivity contribution in [1.29, 1.82) is 0 Å². The maximum absolute atomic E-state index is 12.4. The fourth-order valence-electron chi connectivity index (χ4n) is 4.76. The molecule has 3 rings (SSSR count). The van der Waals surface area contributed by atoms with Gasteiger partial charge in [0.05, 0.1) is 16.8 Å². The highest BCUT2D eigenvalue weighted by Gasteiger charge is 2.37. The third-order valence-electron chi connectivity index (χ3n) is 5.92. The summed E-state index contributed by atoms with van der Waals surface area (Å²) in [5.74, 6) is 0.145. The molecule has 0 saturated carbocycles. The fraction of sp³-hybridized carbons (Fsp3) is 0.440. The molecule has 160 valence electrons. The second-order valence-electron chi connectivity index (χ2n) is 9.33. The number of amides is 1. The number of rotatable bonds is 4. The summed E-state index contributed by atoms with van der Waals surface area (Å²) >= 11 is 6.19. The van der Waals surface area contributed by atoms with E-state index in [4.69, 9.17) is 11.6 Å². The van der Waals surface area contributed by atoms with Gasteiger partial charge in [-0.05, 0) is 100 Å². The van der Waals surface area contributed by atoms with Gasteiger partial charge in [-0.3, -0.25) is 4.79 Å². The fourth-order valence-corrected chi connectivity index (χ4v) is 5.08. The summed E-state index contributed by atoms with van der Waals surface area (Å²) in [6.07, 6.45) is 2.82. The molecule has 0 unspecified atom stereocenters. The van der Waals surface area contributed by atoms with Crippen LogP contribution in [0.1, 0.15) is 79.6 Å². The van der Waals surface area contributed by atoms with Gasteiger partial charge in [-0.15, -0.1) is 0 Å². The van der Waals surface area contributed by atoms with E-state index in [1.807, 2.05) is 13.0 Å². The van der Waals surface area contributed by atoms with Gasteiger partial charge in [0.1, 0.15) is 0 Å². The van der Waals surface area contributed by atoms with Crippen molar-refractivity contribution in [1.82, 2.24) is 5.43 Å². The Morgan fingerprint density at radius 2 is 1.97 bits per heavy atom. The number of hydrazone groups is 1. The molecule has 0 radical (unpaired) electrons. The van der Waals surface area contributed by atoms with Gasteiger partial charge in [-0.2, -0.15) is 5.10 Å². The average Bonchev–Trinajstić information content (AvgIpc) is 2.61. The van der Waals surface area contributed by atoms with Crippen molar-refractivity contribution in [2.45, 2.75) is 72.4 Å². The summed E-state index contributed by atoms with van der Waals surface area (Å²) in [5.41, 5.74) is 8.94. The Morgan fingerprint density at radius 3 is 2.60 bits per heavy atom. The lowest BCUT2D eigenvalue weighted by atomic mass is 9.78. The number of hydrogen-bond acceptors (Lipinski definition) is 3. The van der Waals surface area contributed by atoms with E-state index in [0.717, 1.165) is 23.1 Å². The lowest BCUT2D eigenvalue weighted by Crippen LogP contribution is -2.51. The molecule has 1 atom stereocenters. The van der Waals surface area contributed by atoms with Crippen LogP contribution in [0.3, 0.4) is 0 Å². The van der Waals surface area contributed by atoms with E-state index >= 15 is 0 Å². The predicted molar refractivity (Wildman–Crippen MR) is 127 cm³/mol. The van der Waals surface area contributed by atoms with Crippen LogP contribution < -0.4 is 10.3 Å². The number of halogens is 1. The first kappa shape index (κ1) is 22.4. The molecule has 0 bridgehead atoms. The number of aryl methyl sites for hydroxylation is 2. The Balaban J connectivity index is 1.86. The van der Waals surface area contributed by atoms with Crippen molar-refractivity contribution in [2.75, 3.05) is 4.90 Å². The zero-order valence-electron chi connectivity index (χ0n) is 19.0. The molecule has 1 aliphatic heterocycles.